The second kappa shape index (κ2) is 5.50. The number of fused-ring (bicyclic) bond motifs is 2. The molecule has 0 spiro atoms. The summed E-state index contributed by atoms with van der Waals surface area (Å²) in [5.41, 5.74) is 2.96. The number of rotatable bonds is 2. The number of hydrogen-bond acceptors (Lipinski definition) is 0. The van der Waals surface area contributed by atoms with Crippen LogP contribution in [0.15, 0.2) is 54.1 Å². The third-order valence-electron chi connectivity index (χ3n) is 3.93. The van der Waals surface area contributed by atoms with Gasteiger partial charge in [0.05, 0.1) is 0 Å². The molecule has 0 aliphatic heterocycles. The Bertz CT molecular complexity index is 626. The van der Waals surface area contributed by atoms with Gasteiger partial charge < -0.3 is 24.8 Å². The first-order valence-corrected chi connectivity index (χ1v) is 7.67. The van der Waals surface area contributed by atoms with Gasteiger partial charge in [0.15, 0.2) is 0 Å². The molecular formula is C15H13Cl2NTi. The van der Waals surface area contributed by atoms with Crippen LogP contribution in [0.1, 0.15) is 12.8 Å². The van der Waals surface area contributed by atoms with E-state index in [1.165, 1.54) is 27.7 Å². The quantitative estimate of drug-likeness (QED) is 0.580. The Labute approximate surface area is 134 Å². The number of benzene rings is 1. The van der Waals surface area contributed by atoms with E-state index in [0.29, 0.717) is 3.72 Å². The maximum absolute atomic E-state index is 3.60. The topological polar surface area (TPSA) is 15.8 Å². The molecule has 0 radical (unpaired) electrons. The molecule has 1 nitrogen and oxygen atoms in total. The van der Waals surface area contributed by atoms with Gasteiger partial charge in [0.1, 0.15) is 0 Å². The second-order valence-electron chi connectivity index (χ2n) is 4.92. The molecule has 1 aromatic carbocycles. The average molecular weight is 326 g/mol. The van der Waals surface area contributed by atoms with Gasteiger partial charge in [-0.25, -0.2) is 0 Å². The van der Waals surface area contributed by atoms with E-state index in [2.05, 4.69) is 53.5 Å². The second-order valence-corrected chi connectivity index (χ2v) is 7.54. The summed E-state index contributed by atoms with van der Waals surface area (Å²) >= 11 is -0.123. The van der Waals surface area contributed by atoms with Gasteiger partial charge in [-0.05, 0) is 0 Å². The van der Waals surface area contributed by atoms with E-state index < -0.39 is 0 Å². The Morgan fingerprint density at radius 1 is 1.16 bits per heavy atom. The molecule has 2 aromatic rings. The number of halogens is 2. The Balaban J connectivity index is 0.000000667. The van der Waals surface area contributed by atoms with Crippen molar-refractivity contribution in [3.63, 3.8) is 0 Å². The number of para-hydroxylation sites is 1. The third-order valence-corrected chi connectivity index (χ3v) is 6.62. The van der Waals surface area contributed by atoms with Crippen LogP contribution in [0.5, 0.6) is 0 Å². The molecule has 1 unspecified atom stereocenters. The molecule has 1 saturated carbocycles. The van der Waals surface area contributed by atoms with Crippen LogP contribution in [0.2, 0.25) is 3.72 Å². The minimum Gasteiger partial charge on any atom is -1.00 e. The van der Waals surface area contributed by atoms with Gasteiger partial charge in [-0.15, -0.1) is 0 Å². The first-order chi connectivity index (χ1) is 8.36. The Hall–Kier alpha value is -0.466. The number of allylic oxidation sites excluding steroid dienone is 4. The minimum atomic E-state index is -0.123. The van der Waals surface area contributed by atoms with Gasteiger partial charge in [0, 0.05) is 0 Å². The summed E-state index contributed by atoms with van der Waals surface area (Å²) in [6.07, 6.45) is 9.71. The first kappa shape index (κ1) is 14.9. The molecule has 1 N–H and O–H groups in total. The zero-order valence-corrected chi connectivity index (χ0v) is 13.4. The molecule has 1 heterocycles. The van der Waals surface area contributed by atoms with E-state index in [1.807, 2.05) is 0 Å². The Morgan fingerprint density at radius 2 is 2.00 bits per heavy atom. The van der Waals surface area contributed by atoms with Gasteiger partial charge in [0.25, 0.3) is 0 Å². The number of nitrogens with one attached hydrogen (secondary N) is 1. The van der Waals surface area contributed by atoms with E-state index in [-0.39, 0.29) is 44.0 Å². The van der Waals surface area contributed by atoms with E-state index in [1.54, 1.807) is 5.57 Å². The molecule has 96 valence electrons. The monoisotopic (exact) mass is 325 g/mol. The fourth-order valence-electron chi connectivity index (χ4n) is 2.86. The van der Waals surface area contributed by atoms with Gasteiger partial charge in [0.2, 0.25) is 0 Å². The van der Waals surface area contributed by atoms with Crippen LogP contribution in [-0.2, 0) is 19.2 Å². The molecular weight excluding hydrogens is 313 g/mol. The Kier molecular flexibility index (Phi) is 4.32. The minimum absolute atomic E-state index is 0. The molecule has 0 amide bonds. The summed E-state index contributed by atoms with van der Waals surface area (Å²) in [7, 11) is 0. The van der Waals surface area contributed by atoms with Crippen LogP contribution >= 0.6 is 0 Å². The molecule has 4 heteroatoms. The summed E-state index contributed by atoms with van der Waals surface area (Å²) in [5.74, 6) is 0. The smallest absolute Gasteiger partial charge is 1.00 e. The molecule has 1 fully saturated rings. The summed E-state index contributed by atoms with van der Waals surface area (Å²) in [6, 6.07) is 10.9. The number of aromatic nitrogens is 1. The molecule has 4 rings (SSSR count). The molecule has 0 bridgehead atoms. The maximum atomic E-state index is 3.60. The van der Waals surface area contributed by atoms with Crippen molar-refractivity contribution in [2.75, 3.05) is 0 Å². The van der Waals surface area contributed by atoms with E-state index in [0.717, 1.165) is 0 Å². The number of aromatic amines is 1. The molecule has 1 aromatic heterocycles. The fraction of sp³-hybridized carbons (Fsp3) is 0.200. The van der Waals surface area contributed by atoms with Crippen molar-refractivity contribution < 1.29 is 44.0 Å². The van der Waals surface area contributed by atoms with E-state index in [4.69, 9.17) is 0 Å². The summed E-state index contributed by atoms with van der Waals surface area (Å²) in [6.45, 7) is 0. The molecule has 1 atom stereocenters. The summed E-state index contributed by atoms with van der Waals surface area (Å²) < 4.78 is 1.98. The van der Waals surface area contributed by atoms with Crippen LogP contribution < -0.4 is 28.8 Å². The third kappa shape index (κ3) is 2.34. The molecule has 0 saturated heterocycles. The van der Waals surface area contributed by atoms with Gasteiger partial charge >= 0.3 is 110 Å². The fourth-order valence-corrected chi connectivity index (χ4v) is 5.52. The van der Waals surface area contributed by atoms with Gasteiger partial charge in [-0.2, -0.15) is 0 Å². The van der Waals surface area contributed by atoms with Crippen molar-refractivity contribution in [1.82, 2.24) is 4.98 Å². The normalized spacial score (nSPS) is 22.6. The van der Waals surface area contributed by atoms with Crippen LogP contribution in [0, 0.1) is 0 Å². The Morgan fingerprint density at radius 3 is 2.68 bits per heavy atom. The van der Waals surface area contributed by atoms with E-state index in [9.17, 15) is 0 Å². The largest absolute Gasteiger partial charge is 1.00 e. The van der Waals surface area contributed by atoms with E-state index >= 15 is 0 Å². The molecule has 19 heavy (non-hydrogen) atoms. The SMILES string of the molecule is C1=C[C]2([Ti+2][c]3cc4ccccc4[nH]3)CCC2=C1.[Cl-].[Cl-]. The predicted molar refractivity (Wildman–Crippen MR) is 67.1 cm³/mol. The van der Waals surface area contributed by atoms with Crippen molar-refractivity contribution in [2.24, 2.45) is 0 Å². The standard InChI is InChI=1S/C8H6N.C7H7.2ClH.Ti/c1-2-4-8-7(3-1)5-6-9-8;1-2-6-4-5-7(6)3-1;;;/h1-5,9H;1-3H,4-5H2;2*1H;/q;;;;+2/p-2. The van der Waals surface area contributed by atoms with Crippen LogP contribution in [0.4, 0.5) is 0 Å². The summed E-state index contributed by atoms with van der Waals surface area (Å²) in [4.78, 5) is 3.60. The van der Waals surface area contributed by atoms with Crippen LogP contribution in [0.3, 0.4) is 0 Å². The van der Waals surface area contributed by atoms with Crippen LogP contribution in [-0.4, -0.2) is 4.98 Å². The zero-order chi connectivity index (χ0) is 11.3. The average Bonchev–Trinajstić information content (AvgIpc) is 2.84. The van der Waals surface area contributed by atoms with Crippen LogP contribution in [0.25, 0.3) is 10.9 Å². The zero-order valence-electron chi connectivity index (χ0n) is 10.3. The molecule has 2 aliphatic rings. The predicted octanol–water partition coefficient (Wildman–Crippen LogP) is -2.67. The van der Waals surface area contributed by atoms with Gasteiger partial charge in [-0.1, -0.05) is 0 Å². The van der Waals surface area contributed by atoms with Crippen molar-refractivity contribution in [3.05, 3.63) is 54.1 Å². The maximum Gasteiger partial charge on any atom is -1.00 e. The van der Waals surface area contributed by atoms with Crippen molar-refractivity contribution >= 4 is 14.9 Å². The number of hydrogen-bond donors (Lipinski definition) is 1. The molecule has 2 aliphatic carbocycles. The van der Waals surface area contributed by atoms with Gasteiger partial charge in [-0.3, -0.25) is 0 Å². The van der Waals surface area contributed by atoms with Crippen molar-refractivity contribution in [3.8, 4) is 0 Å². The number of H-pyrrole nitrogens is 1. The summed E-state index contributed by atoms with van der Waals surface area (Å²) in [5, 5.41) is 1.36. The van der Waals surface area contributed by atoms with Crippen molar-refractivity contribution in [2.45, 2.75) is 16.6 Å². The van der Waals surface area contributed by atoms with Crippen molar-refractivity contribution in [1.29, 1.82) is 0 Å². The first-order valence-electron chi connectivity index (χ1n) is 6.11.